The summed E-state index contributed by atoms with van der Waals surface area (Å²) in [6.45, 7) is 3.25. The number of likely N-dealkylation sites (tertiary alicyclic amines) is 1. The van der Waals surface area contributed by atoms with Crippen LogP contribution in [0.25, 0.3) is 0 Å². The normalized spacial score (nSPS) is 16.5. The summed E-state index contributed by atoms with van der Waals surface area (Å²) in [6.07, 6.45) is 4.11. The van der Waals surface area contributed by atoms with Gasteiger partial charge in [0.15, 0.2) is 0 Å². The molecule has 5 nitrogen and oxygen atoms in total. The number of thiophene rings is 1. The molecule has 1 aliphatic heterocycles. The molecular formula is C16H21N3O2S. The Bertz CT molecular complexity index is 562. The summed E-state index contributed by atoms with van der Waals surface area (Å²) in [5.41, 5.74) is 0. The Morgan fingerprint density at radius 3 is 2.82 bits per heavy atom. The van der Waals surface area contributed by atoms with Gasteiger partial charge in [0.2, 0.25) is 0 Å². The van der Waals surface area contributed by atoms with Crippen LogP contribution in [0.3, 0.4) is 0 Å². The predicted molar refractivity (Wildman–Crippen MR) is 86.8 cm³/mol. The van der Waals surface area contributed by atoms with Crippen molar-refractivity contribution in [2.75, 3.05) is 19.6 Å². The van der Waals surface area contributed by atoms with Crippen molar-refractivity contribution in [3.8, 4) is 0 Å². The Balaban J connectivity index is 1.51. The summed E-state index contributed by atoms with van der Waals surface area (Å²) in [6, 6.07) is 7.86. The van der Waals surface area contributed by atoms with Crippen molar-refractivity contribution in [2.24, 2.45) is 0 Å². The Kier molecular flexibility index (Phi) is 5.13. The van der Waals surface area contributed by atoms with Gasteiger partial charge in [0.25, 0.3) is 0 Å². The second-order valence-electron chi connectivity index (χ2n) is 5.42. The third kappa shape index (κ3) is 3.90. The number of hydrogen-bond donors (Lipinski definition) is 2. The first kappa shape index (κ1) is 15.1. The van der Waals surface area contributed by atoms with Gasteiger partial charge in [-0.15, -0.1) is 11.3 Å². The molecule has 1 aliphatic rings. The van der Waals surface area contributed by atoms with Crippen molar-refractivity contribution in [2.45, 2.75) is 25.4 Å². The Hall–Kier alpha value is -1.79. The minimum atomic E-state index is -0.135. The van der Waals surface area contributed by atoms with Gasteiger partial charge in [-0.05, 0) is 49.5 Å². The fraction of sp³-hybridized carbons (Fsp3) is 0.438. The fourth-order valence-electron chi connectivity index (χ4n) is 2.78. The molecule has 2 aromatic heterocycles. The van der Waals surface area contributed by atoms with Gasteiger partial charge in [-0.1, -0.05) is 6.07 Å². The van der Waals surface area contributed by atoms with Crippen LogP contribution in [0, 0.1) is 0 Å². The van der Waals surface area contributed by atoms with Gasteiger partial charge in [-0.3, -0.25) is 4.90 Å². The van der Waals surface area contributed by atoms with Crippen molar-refractivity contribution in [1.82, 2.24) is 15.5 Å². The average Bonchev–Trinajstić information content (AvgIpc) is 3.27. The van der Waals surface area contributed by atoms with Crippen LogP contribution < -0.4 is 10.6 Å². The lowest BCUT2D eigenvalue weighted by Crippen LogP contribution is -2.41. The SMILES string of the molecule is O=C(NCc1cccs1)NC[C@@H](c1ccco1)N1CCCC1. The standard InChI is InChI=1S/C16H21N3O2S/c20-16(17-11-13-5-4-10-22-13)18-12-14(15-6-3-9-21-15)19-7-1-2-8-19/h3-6,9-10,14H,1-2,7-8,11-12H2,(H2,17,18,20)/t14-/m0/s1. The van der Waals surface area contributed by atoms with E-state index in [9.17, 15) is 4.79 Å². The molecule has 1 atom stereocenters. The first-order valence-corrected chi connectivity index (χ1v) is 8.52. The summed E-state index contributed by atoms with van der Waals surface area (Å²) in [5.74, 6) is 0.917. The van der Waals surface area contributed by atoms with Gasteiger partial charge in [-0.2, -0.15) is 0 Å². The summed E-state index contributed by atoms with van der Waals surface area (Å²) >= 11 is 1.64. The third-order valence-electron chi connectivity index (χ3n) is 3.91. The molecule has 0 aromatic carbocycles. The first-order chi connectivity index (χ1) is 10.8. The molecule has 22 heavy (non-hydrogen) atoms. The second-order valence-corrected chi connectivity index (χ2v) is 6.45. The van der Waals surface area contributed by atoms with Crippen LogP contribution in [0.2, 0.25) is 0 Å². The van der Waals surface area contributed by atoms with Gasteiger partial charge in [0.1, 0.15) is 5.76 Å². The predicted octanol–water partition coefficient (Wildman–Crippen LogP) is 2.98. The maximum absolute atomic E-state index is 12.0. The van der Waals surface area contributed by atoms with E-state index in [-0.39, 0.29) is 12.1 Å². The molecule has 0 saturated carbocycles. The van der Waals surface area contributed by atoms with E-state index >= 15 is 0 Å². The molecule has 0 bridgehead atoms. The van der Waals surface area contributed by atoms with E-state index in [1.165, 1.54) is 12.8 Å². The molecule has 1 fully saturated rings. The lowest BCUT2D eigenvalue weighted by atomic mass is 10.2. The maximum Gasteiger partial charge on any atom is 0.315 e. The van der Waals surface area contributed by atoms with E-state index < -0.39 is 0 Å². The number of carbonyl (C=O) groups is 1. The van der Waals surface area contributed by atoms with Crippen LogP contribution in [0.4, 0.5) is 4.79 Å². The van der Waals surface area contributed by atoms with Crippen LogP contribution in [0.5, 0.6) is 0 Å². The summed E-state index contributed by atoms with van der Waals surface area (Å²) in [7, 11) is 0. The van der Waals surface area contributed by atoms with Gasteiger partial charge >= 0.3 is 6.03 Å². The minimum absolute atomic E-state index is 0.116. The number of urea groups is 1. The lowest BCUT2D eigenvalue weighted by molar-refractivity contribution is 0.203. The van der Waals surface area contributed by atoms with Crippen LogP contribution in [-0.4, -0.2) is 30.6 Å². The van der Waals surface area contributed by atoms with Crippen molar-refractivity contribution in [3.63, 3.8) is 0 Å². The quantitative estimate of drug-likeness (QED) is 0.860. The molecule has 0 radical (unpaired) electrons. The van der Waals surface area contributed by atoms with Crippen LogP contribution >= 0.6 is 11.3 Å². The van der Waals surface area contributed by atoms with Gasteiger partial charge < -0.3 is 15.1 Å². The third-order valence-corrected chi connectivity index (χ3v) is 4.79. The van der Waals surface area contributed by atoms with Gasteiger partial charge in [-0.25, -0.2) is 4.79 Å². The van der Waals surface area contributed by atoms with E-state index in [0.29, 0.717) is 13.1 Å². The minimum Gasteiger partial charge on any atom is -0.468 e. The van der Waals surface area contributed by atoms with Crippen molar-refractivity contribution >= 4 is 17.4 Å². The zero-order valence-electron chi connectivity index (χ0n) is 12.5. The molecule has 1 saturated heterocycles. The zero-order valence-corrected chi connectivity index (χ0v) is 13.3. The average molecular weight is 319 g/mol. The molecule has 3 heterocycles. The van der Waals surface area contributed by atoms with Crippen LogP contribution in [-0.2, 0) is 6.54 Å². The summed E-state index contributed by atoms with van der Waals surface area (Å²) in [4.78, 5) is 15.5. The largest absolute Gasteiger partial charge is 0.468 e. The maximum atomic E-state index is 12.0. The molecule has 2 aromatic rings. The van der Waals surface area contributed by atoms with Gasteiger partial charge in [0.05, 0.1) is 18.8 Å². The highest BCUT2D eigenvalue weighted by molar-refractivity contribution is 7.09. The highest BCUT2D eigenvalue weighted by Crippen LogP contribution is 2.24. The van der Waals surface area contributed by atoms with E-state index in [4.69, 9.17) is 4.42 Å². The molecule has 0 aliphatic carbocycles. The number of amides is 2. The molecule has 3 rings (SSSR count). The monoisotopic (exact) mass is 319 g/mol. The fourth-order valence-corrected chi connectivity index (χ4v) is 3.42. The highest BCUT2D eigenvalue weighted by atomic mass is 32.1. The molecule has 0 spiro atoms. The lowest BCUT2D eigenvalue weighted by Gasteiger charge is -2.26. The molecule has 0 unspecified atom stereocenters. The topological polar surface area (TPSA) is 57.5 Å². The zero-order chi connectivity index (χ0) is 15.2. The van der Waals surface area contributed by atoms with E-state index in [2.05, 4.69) is 15.5 Å². The first-order valence-electron chi connectivity index (χ1n) is 7.64. The van der Waals surface area contributed by atoms with Gasteiger partial charge in [0, 0.05) is 11.4 Å². The number of nitrogens with one attached hydrogen (secondary N) is 2. The van der Waals surface area contributed by atoms with Crippen LogP contribution in [0.15, 0.2) is 40.3 Å². The van der Waals surface area contributed by atoms with Crippen molar-refractivity contribution in [1.29, 1.82) is 0 Å². The summed E-state index contributed by atoms with van der Waals surface area (Å²) < 4.78 is 5.55. The Morgan fingerprint density at radius 2 is 2.14 bits per heavy atom. The Labute approximate surface area is 134 Å². The van der Waals surface area contributed by atoms with E-state index in [0.717, 1.165) is 23.7 Å². The highest BCUT2D eigenvalue weighted by Gasteiger charge is 2.25. The molecular weight excluding hydrogens is 298 g/mol. The Morgan fingerprint density at radius 1 is 1.27 bits per heavy atom. The van der Waals surface area contributed by atoms with Crippen molar-refractivity contribution < 1.29 is 9.21 Å². The number of carbonyl (C=O) groups excluding carboxylic acids is 1. The number of furan rings is 1. The van der Waals surface area contributed by atoms with E-state index in [1.54, 1.807) is 17.6 Å². The van der Waals surface area contributed by atoms with Crippen molar-refractivity contribution in [3.05, 3.63) is 46.5 Å². The molecule has 118 valence electrons. The molecule has 2 amide bonds. The molecule has 2 N–H and O–H groups in total. The van der Waals surface area contributed by atoms with E-state index in [1.807, 2.05) is 29.6 Å². The number of nitrogens with zero attached hydrogens (tertiary/aromatic N) is 1. The summed E-state index contributed by atoms with van der Waals surface area (Å²) in [5, 5.41) is 7.86. The van der Waals surface area contributed by atoms with Crippen LogP contribution in [0.1, 0.15) is 29.5 Å². The smallest absolute Gasteiger partial charge is 0.315 e. The molecule has 6 heteroatoms. The number of rotatable bonds is 6. The second kappa shape index (κ2) is 7.47. The number of hydrogen-bond acceptors (Lipinski definition) is 4.